The molecule has 1 fully saturated rings. The van der Waals surface area contributed by atoms with Crippen LogP contribution < -0.4 is 10.6 Å². The zero-order chi connectivity index (χ0) is 25.2. The molecule has 2 aromatic carbocycles. The predicted octanol–water partition coefficient (Wildman–Crippen LogP) is 3.94. The van der Waals surface area contributed by atoms with Crippen LogP contribution in [0.25, 0.3) is 16.9 Å². The summed E-state index contributed by atoms with van der Waals surface area (Å²) in [5.74, 6) is 0.154. The maximum Gasteiger partial charge on any atom is 0.251 e. The van der Waals surface area contributed by atoms with Crippen LogP contribution in [0.4, 0.5) is 11.4 Å². The third kappa shape index (κ3) is 4.85. The Balaban J connectivity index is 1.14. The minimum Gasteiger partial charge on any atom is -0.379 e. The number of imidazole rings is 1. The van der Waals surface area contributed by atoms with Crippen molar-refractivity contribution in [1.82, 2.24) is 19.6 Å². The van der Waals surface area contributed by atoms with Gasteiger partial charge in [0.05, 0.1) is 24.6 Å². The monoisotopic (exact) mass is 495 g/mol. The molecule has 8 nitrogen and oxygen atoms in total. The van der Waals surface area contributed by atoms with Crippen LogP contribution in [0, 0.1) is 0 Å². The first-order valence-corrected chi connectivity index (χ1v) is 12.7. The zero-order valence-electron chi connectivity index (χ0n) is 20.6. The largest absolute Gasteiger partial charge is 0.379 e. The number of morpholine rings is 1. The van der Waals surface area contributed by atoms with Crippen molar-refractivity contribution < 1.29 is 14.3 Å². The number of pyridine rings is 1. The lowest BCUT2D eigenvalue weighted by Crippen LogP contribution is -2.41. The van der Waals surface area contributed by atoms with Gasteiger partial charge in [-0.1, -0.05) is 12.1 Å². The Morgan fingerprint density at radius 2 is 1.84 bits per heavy atom. The van der Waals surface area contributed by atoms with Crippen molar-refractivity contribution in [2.75, 3.05) is 44.7 Å². The van der Waals surface area contributed by atoms with Gasteiger partial charge in [-0.05, 0) is 60.0 Å². The number of nitrogens with one attached hydrogen (secondary N) is 2. The lowest BCUT2D eigenvalue weighted by Gasteiger charge is -2.26. The molecule has 8 heteroatoms. The van der Waals surface area contributed by atoms with Gasteiger partial charge in [0, 0.05) is 61.8 Å². The summed E-state index contributed by atoms with van der Waals surface area (Å²) in [5.41, 5.74) is 7.21. The SMILES string of the molecule is O=C(NCCN1CCOCC1)c1ccc(Nc2ccc(-c3ccc4c(c3)CCC4=O)n3ccnc23)cc1. The van der Waals surface area contributed by atoms with Crippen LogP contribution >= 0.6 is 0 Å². The lowest BCUT2D eigenvalue weighted by atomic mass is 10.0. The highest BCUT2D eigenvalue weighted by Crippen LogP contribution is 2.31. The highest BCUT2D eigenvalue weighted by atomic mass is 16.5. The molecule has 0 atom stereocenters. The second kappa shape index (κ2) is 10.2. The van der Waals surface area contributed by atoms with Crippen LogP contribution in [0.15, 0.2) is 67.0 Å². The number of amides is 1. The fraction of sp³-hybridized carbons (Fsp3) is 0.276. The molecule has 1 saturated heterocycles. The standard InChI is InChI=1S/C29H29N5O3/c35-27-10-4-21-19-22(3-7-24(21)27)26-9-8-25(28-30-12-14-34(26)28)32-23-5-1-20(2-6-23)29(36)31-11-13-33-15-17-37-18-16-33/h1-3,5-9,12,14,19,32H,4,10-11,13,15-18H2,(H,31,36). The molecule has 2 aromatic heterocycles. The molecule has 2 N–H and O–H groups in total. The minimum atomic E-state index is -0.0733. The number of hydrogen-bond donors (Lipinski definition) is 2. The highest BCUT2D eigenvalue weighted by Gasteiger charge is 2.20. The molecule has 1 aliphatic heterocycles. The van der Waals surface area contributed by atoms with Gasteiger partial charge in [-0.25, -0.2) is 4.98 Å². The third-order valence-electron chi connectivity index (χ3n) is 7.12. The van der Waals surface area contributed by atoms with Gasteiger partial charge in [-0.3, -0.25) is 18.9 Å². The molecule has 188 valence electrons. The smallest absolute Gasteiger partial charge is 0.251 e. The van der Waals surface area contributed by atoms with E-state index in [1.54, 1.807) is 6.20 Å². The van der Waals surface area contributed by atoms with Gasteiger partial charge >= 0.3 is 0 Å². The normalized spacial score (nSPS) is 15.6. The summed E-state index contributed by atoms with van der Waals surface area (Å²) in [6, 6.07) is 17.6. The van der Waals surface area contributed by atoms with Crippen LogP contribution in [0.5, 0.6) is 0 Å². The van der Waals surface area contributed by atoms with Crippen LogP contribution in [-0.2, 0) is 11.2 Å². The number of hydrogen-bond acceptors (Lipinski definition) is 6. The van der Waals surface area contributed by atoms with Gasteiger partial charge in [-0.15, -0.1) is 0 Å². The number of benzene rings is 2. The van der Waals surface area contributed by atoms with Gasteiger partial charge in [0.1, 0.15) is 0 Å². The summed E-state index contributed by atoms with van der Waals surface area (Å²) in [5, 5.41) is 6.44. The lowest BCUT2D eigenvalue weighted by molar-refractivity contribution is 0.0383. The van der Waals surface area contributed by atoms with Crippen molar-refractivity contribution in [3.8, 4) is 11.3 Å². The molecular weight excluding hydrogens is 466 g/mol. The first kappa shape index (κ1) is 23.4. The van der Waals surface area contributed by atoms with E-state index in [-0.39, 0.29) is 11.7 Å². The van der Waals surface area contributed by atoms with Gasteiger partial charge in [-0.2, -0.15) is 0 Å². The first-order valence-electron chi connectivity index (χ1n) is 12.7. The summed E-state index contributed by atoms with van der Waals surface area (Å²) in [7, 11) is 0. The predicted molar refractivity (Wildman–Crippen MR) is 143 cm³/mol. The average Bonchev–Trinajstić information content (AvgIpc) is 3.57. The van der Waals surface area contributed by atoms with E-state index in [0.29, 0.717) is 18.5 Å². The quantitative estimate of drug-likeness (QED) is 0.404. The second-order valence-corrected chi connectivity index (χ2v) is 9.46. The molecule has 0 saturated carbocycles. The fourth-order valence-electron chi connectivity index (χ4n) is 5.08. The highest BCUT2D eigenvalue weighted by molar-refractivity contribution is 6.01. The Hall–Kier alpha value is -4.01. The molecule has 1 aliphatic carbocycles. The Kier molecular flexibility index (Phi) is 6.42. The number of Topliss-reactive ketones (excluding diaryl/α,β-unsaturated/α-hetero) is 1. The fourth-order valence-corrected chi connectivity index (χ4v) is 5.08. The second-order valence-electron chi connectivity index (χ2n) is 9.46. The summed E-state index contributed by atoms with van der Waals surface area (Å²) >= 11 is 0. The van der Waals surface area contributed by atoms with E-state index in [9.17, 15) is 9.59 Å². The first-order chi connectivity index (χ1) is 18.2. The van der Waals surface area contributed by atoms with Crippen molar-refractivity contribution in [2.24, 2.45) is 0 Å². The Bertz CT molecular complexity index is 1450. The van der Waals surface area contributed by atoms with E-state index < -0.39 is 0 Å². The summed E-state index contributed by atoms with van der Waals surface area (Å²) in [4.78, 5) is 31.4. The van der Waals surface area contributed by atoms with Crippen molar-refractivity contribution in [2.45, 2.75) is 12.8 Å². The Labute approximate surface area is 215 Å². The van der Waals surface area contributed by atoms with Gasteiger partial charge in [0.2, 0.25) is 0 Å². The molecule has 0 radical (unpaired) electrons. The third-order valence-corrected chi connectivity index (χ3v) is 7.12. The maximum absolute atomic E-state index is 12.6. The van der Waals surface area contributed by atoms with Gasteiger partial charge in [0.15, 0.2) is 11.4 Å². The molecular formula is C29H29N5O3. The molecule has 1 amide bonds. The molecule has 6 rings (SSSR count). The molecule has 37 heavy (non-hydrogen) atoms. The van der Waals surface area contributed by atoms with E-state index in [0.717, 1.165) is 78.7 Å². The van der Waals surface area contributed by atoms with Crippen molar-refractivity contribution in [3.63, 3.8) is 0 Å². The van der Waals surface area contributed by atoms with Crippen molar-refractivity contribution in [1.29, 1.82) is 0 Å². The molecule has 0 unspecified atom stereocenters. The number of ether oxygens (including phenoxy) is 1. The number of ketones is 1. The number of carbonyl (C=O) groups excluding carboxylic acids is 2. The summed E-state index contributed by atoms with van der Waals surface area (Å²) in [6.07, 6.45) is 5.12. The molecule has 0 bridgehead atoms. The van der Waals surface area contributed by atoms with Crippen LogP contribution in [0.3, 0.4) is 0 Å². The number of aromatic nitrogens is 2. The van der Waals surface area contributed by atoms with E-state index in [4.69, 9.17) is 4.74 Å². The number of anilines is 2. The van der Waals surface area contributed by atoms with E-state index >= 15 is 0 Å². The minimum absolute atomic E-state index is 0.0733. The molecule has 0 spiro atoms. The average molecular weight is 496 g/mol. The molecule has 2 aliphatic rings. The van der Waals surface area contributed by atoms with Crippen molar-refractivity contribution in [3.05, 3.63) is 83.7 Å². The zero-order valence-corrected chi connectivity index (χ0v) is 20.6. The number of carbonyl (C=O) groups is 2. The number of fused-ring (bicyclic) bond motifs is 2. The molecule has 3 heterocycles. The Morgan fingerprint density at radius 3 is 2.68 bits per heavy atom. The molecule has 4 aromatic rings. The van der Waals surface area contributed by atoms with E-state index in [1.807, 2.05) is 48.7 Å². The van der Waals surface area contributed by atoms with E-state index in [2.05, 4.69) is 37.1 Å². The number of nitrogens with zero attached hydrogens (tertiary/aromatic N) is 3. The van der Waals surface area contributed by atoms with Crippen molar-refractivity contribution >= 4 is 28.7 Å². The summed E-state index contributed by atoms with van der Waals surface area (Å²) < 4.78 is 7.42. The van der Waals surface area contributed by atoms with Crippen LogP contribution in [0.1, 0.15) is 32.7 Å². The van der Waals surface area contributed by atoms with Crippen LogP contribution in [0.2, 0.25) is 0 Å². The topological polar surface area (TPSA) is 88.0 Å². The van der Waals surface area contributed by atoms with E-state index in [1.165, 1.54) is 0 Å². The maximum atomic E-state index is 12.6. The van der Waals surface area contributed by atoms with Gasteiger partial charge < -0.3 is 15.4 Å². The number of aryl methyl sites for hydroxylation is 1. The summed E-state index contributed by atoms with van der Waals surface area (Å²) in [6.45, 7) is 4.78. The van der Waals surface area contributed by atoms with Crippen LogP contribution in [-0.4, -0.2) is 65.4 Å². The van der Waals surface area contributed by atoms with Gasteiger partial charge in [0.25, 0.3) is 5.91 Å². The number of rotatable bonds is 7. The Morgan fingerprint density at radius 1 is 1.00 bits per heavy atom.